The van der Waals surface area contributed by atoms with Gasteiger partial charge in [0.2, 0.25) is 0 Å². The topological polar surface area (TPSA) is 237 Å². The lowest BCUT2D eigenvalue weighted by Crippen LogP contribution is -2.30. The number of ether oxygens (including phenoxy) is 4. The quantitative estimate of drug-likeness (QED) is 0.0222. The Morgan fingerprint density at radius 1 is 0.283 bits per heavy atom. The predicted octanol–water partition coefficient (Wildman–Crippen LogP) is 23.6. The third-order valence-corrected chi connectivity index (χ3v) is 20.8. The molecule has 6 atom stereocenters. The molecule has 0 aliphatic heterocycles. The van der Waals surface area contributed by atoms with Crippen LogP contribution in [-0.4, -0.2) is 96.7 Å². The minimum Gasteiger partial charge on any atom is -0.462 e. The lowest BCUT2D eigenvalue weighted by atomic mass is 10.00. The molecule has 0 radical (unpaired) electrons. The summed E-state index contributed by atoms with van der Waals surface area (Å²) in [5.74, 6) is 0.965. The Hall–Kier alpha value is -1.94. The Morgan fingerprint density at radius 3 is 0.717 bits per heavy atom. The molecule has 0 amide bonds. The average molecular weight is 1450 g/mol. The minimum absolute atomic E-state index is 0.104. The lowest BCUT2D eigenvalue weighted by Gasteiger charge is -2.21. The maximum absolute atomic E-state index is 13.1. The highest BCUT2D eigenvalue weighted by atomic mass is 31.2. The molecule has 0 saturated carbocycles. The van der Waals surface area contributed by atoms with E-state index >= 15 is 0 Å². The number of phosphoric ester groups is 2. The highest BCUT2D eigenvalue weighted by Gasteiger charge is 2.30. The summed E-state index contributed by atoms with van der Waals surface area (Å²) >= 11 is 0. The molecule has 0 rings (SSSR count). The van der Waals surface area contributed by atoms with Gasteiger partial charge in [0.05, 0.1) is 26.4 Å². The zero-order valence-electron chi connectivity index (χ0n) is 65.1. The number of hydrogen-bond donors (Lipinski definition) is 3. The van der Waals surface area contributed by atoms with Gasteiger partial charge in [0.15, 0.2) is 12.2 Å². The van der Waals surface area contributed by atoms with Crippen LogP contribution < -0.4 is 0 Å². The van der Waals surface area contributed by atoms with E-state index in [1.54, 1.807) is 0 Å². The molecule has 17 nitrogen and oxygen atoms in total. The number of aliphatic hydroxyl groups is 1. The number of unbranched alkanes of at least 4 members (excludes halogenated alkanes) is 42. The van der Waals surface area contributed by atoms with Crippen LogP contribution in [0.3, 0.4) is 0 Å². The van der Waals surface area contributed by atoms with Crippen molar-refractivity contribution in [3.05, 3.63) is 0 Å². The standard InChI is InChI=1S/C80H156O17P2/c1-9-73(8)59-51-43-38-39-45-53-61-78(83)91-67-76(97-80(85)63-55-47-37-31-25-28-34-42-50-58-72(6)7)69-95-99(88,89)93-65-74(81)64-92-98(86,87)94-68-75(96-79(84)62-54-46-36-30-24-20-16-12-14-18-22-27-33-41-49-57-71(4)5)66-90-77(82)60-52-44-35-29-23-19-15-11-10-13-17-21-26-32-40-48-56-70(2)3/h70-76,81H,9-69H2,1-8H3,(H,86,87)(H,88,89)/t73?,74-,75-,76-/m1/s1. The summed E-state index contributed by atoms with van der Waals surface area (Å²) in [5.41, 5.74) is 0. The Bertz CT molecular complexity index is 1940. The predicted molar refractivity (Wildman–Crippen MR) is 404 cm³/mol. The summed E-state index contributed by atoms with van der Waals surface area (Å²) in [7, 11) is -9.92. The largest absolute Gasteiger partial charge is 0.472 e. The van der Waals surface area contributed by atoms with Crippen LogP contribution in [0.5, 0.6) is 0 Å². The molecule has 0 aromatic heterocycles. The minimum atomic E-state index is -4.96. The van der Waals surface area contributed by atoms with Crippen LogP contribution >= 0.6 is 15.6 Å². The van der Waals surface area contributed by atoms with Gasteiger partial charge in [-0.2, -0.15) is 0 Å². The SMILES string of the molecule is CCC(C)CCCCCCCCC(=O)OC[C@H](COP(=O)(O)OC[C@H](O)COP(=O)(O)OC[C@@H](COC(=O)CCCCCCCCCCCCCCCCCCC(C)C)OC(=O)CCCCCCCCCCCCCCCCCC(C)C)OC(=O)CCCCCCCCCCCC(C)C. The molecule has 3 N–H and O–H groups in total. The Morgan fingerprint density at radius 2 is 0.485 bits per heavy atom. The van der Waals surface area contributed by atoms with Crippen molar-refractivity contribution in [1.82, 2.24) is 0 Å². The maximum Gasteiger partial charge on any atom is 0.472 e. The fourth-order valence-electron chi connectivity index (χ4n) is 12.2. The van der Waals surface area contributed by atoms with E-state index in [-0.39, 0.29) is 25.7 Å². The summed E-state index contributed by atoms with van der Waals surface area (Å²) in [6, 6.07) is 0. The summed E-state index contributed by atoms with van der Waals surface area (Å²) in [6.07, 6.45) is 55.6. The van der Waals surface area contributed by atoms with Crippen molar-refractivity contribution in [3.63, 3.8) is 0 Å². The molecule has 0 spiro atoms. The van der Waals surface area contributed by atoms with E-state index in [1.165, 1.54) is 205 Å². The number of aliphatic hydroxyl groups excluding tert-OH is 1. The van der Waals surface area contributed by atoms with Crippen LogP contribution in [0.4, 0.5) is 0 Å². The number of phosphoric acid groups is 2. The zero-order valence-corrected chi connectivity index (χ0v) is 66.9. The van der Waals surface area contributed by atoms with Crippen molar-refractivity contribution in [2.75, 3.05) is 39.6 Å². The number of hydrogen-bond acceptors (Lipinski definition) is 15. The normalized spacial score (nSPS) is 14.3. The smallest absolute Gasteiger partial charge is 0.462 e. The van der Waals surface area contributed by atoms with E-state index in [2.05, 4.69) is 55.4 Å². The zero-order chi connectivity index (χ0) is 73.1. The van der Waals surface area contributed by atoms with Crippen LogP contribution in [0, 0.1) is 23.7 Å². The molecule has 0 heterocycles. The molecule has 19 heteroatoms. The summed E-state index contributed by atoms with van der Waals surface area (Å²) in [6.45, 7) is 14.2. The lowest BCUT2D eigenvalue weighted by molar-refractivity contribution is -0.161. The molecule has 0 saturated heterocycles. The van der Waals surface area contributed by atoms with Crippen LogP contribution in [0.25, 0.3) is 0 Å². The molecular formula is C80H156O17P2. The van der Waals surface area contributed by atoms with E-state index in [0.29, 0.717) is 25.7 Å². The van der Waals surface area contributed by atoms with Crippen molar-refractivity contribution in [1.29, 1.82) is 0 Å². The molecule has 0 aliphatic carbocycles. The number of carbonyl (C=O) groups is 4. The second kappa shape index (κ2) is 69.1. The van der Waals surface area contributed by atoms with Gasteiger partial charge in [-0.15, -0.1) is 0 Å². The fourth-order valence-corrected chi connectivity index (χ4v) is 13.8. The Kier molecular flexibility index (Phi) is 67.8. The second-order valence-corrected chi connectivity index (χ2v) is 33.4. The van der Waals surface area contributed by atoms with E-state index in [0.717, 1.165) is 120 Å². The number of rotatable bonds is 77. The molecule has 0 fully saturated rings. The van der Waals surface area contributed by atoms with Crippen molar-refractivity contribution in [2.24, 2.45) is 23.7 Å². The third-order valence-electron chi connectivity index (χ3n) is 18.9. The van der Waals surface area contributed by atoms with Gasteiger partial charge in [0.25, 0.3) is 0 Å². The molecular weight excluding hydrogens is 1290 g/mol. The molecule has 0 aromatic rings. The van der Waals surface area contributed by atoms with E-state index < -0.39 is 97.5 Å². The van der Waals surface area contributed by atoms with Crippen LogP contribution in [0.1, 0.15) is 409 Å². The van der Waals surface area contributed by atoms with Crippen molar-refractivity contribution >= 4 is 39.5 Å². The van der Waals surface area contributed by atoms with Crippen LogP contribution in [-0.2, 0) is 65.4 Å². The third kappa shape index (κ3) is 72.8. The number of esters is 4. The Balaban J connectivity index is 5.23. The van der Waals surface area contributed by atoms with Crippen molar-refractivity contribution in [2.45, 2.75) is 427 Å². The van der Waals surface area contributed by atoms with Crippen LogP contribution in [0.2, 0.25) is 0 Å². The second-order valence-electron chi connectivity index (χ2n) is 30.5. The fraction of sp³-hybridized carbons (Fsp3) is 0.950. The average Bonchev–Trinajstić information content (AvgIpc) is 1.50. The van der Waals surface area contributed by atoms with Crippen molar-refractivity contribution in [3.8, 4) is 0 Å². The van der Waals surface area contributed by atoms with E-state index in [4.69, 9.17) is 37.0 Å². The molecule has 3 unspecified atom stereocenters. The van der Waals surface area contributed by atoms with E-state index in [9.17, 15) is 43.2 Å². The highest BCUT2D eigenvalue weighted by Crippen LogP contribution is 2.45. The molecule has 99 heavy (non-hydrogen) atoms. The van der Waals surface area contributed by atoms with E-state index in [1.807, 2.05) is 0 Å². The van der Waals surface area contributed by atoms with Gasteiger partial charge >= 0.3 is 39.5 Å². The van der Waals surface area contributed by atoms with Gasteiger partial charge in [-0.05, 0) is 49.4 Å². The summed E-state index contributed by atoms with van der Waals surface area (Å²) in [5, 5.41) is 10.6. The molecule has 0 bridgehead atoms. The van der Waals surface area contributed by atoms with Gasteiger partial charge in [0, 0.05) is 25.7 Å². The summed E-state index contributed by atoms with van der Waals surface area (Å²) in [4.78, 5) is 73.0. The first-order valence-corrected chi connectivity index (χ1v) is 44.2. The maximum atomic E-state index is 13.1. The van der Waals surface area contributed by atoms with Gasteiger partial charge in [-0.3, -0.25) is 37.3 Å². The van der Waals surface area contributed by atoms with Gasteiger partial charge in [0.1, 0.15) is 19.3 Å². The first-order valence-electron chi connectivity index (χ1n) is 41.2. The van der Waals surface area contributed by atoms with Gasteiger partial charge < -0.3 is 33.8 Å². The Labute approximate surface area is 607 Å². The van der Waals surface area contributed by atoms with Crippen LogP contribution in [0.15, 0.2) is 0 Å². The highest BCUT2D eigenvalue weighted by molar-refractivity contribution is 7.47. The molecule has 0 aliphatic rings. The molecule has 588 valence electrons. The van der Waals surface area contributed by atoms with Gasteiger partial charge in [-0.1, -0.05) is 357 Å². The first kappa shape index (κ1) is 97.1. The van der Waals surface area contributed by atoms with Crippen molar-refractivity contribution < 1.29 is 80.2 Å². The molecule has 0 aromatic carbocycles. The summed E-state index contributed by atoms with van der Waals surface area (Å²) < 4.78 is 68.6. The van der Waals surface area contributed by atoms with Gasteiger partial charge in [-0.25, -0.2) is 9.13 Å². The first-order chi connectivity index (χ1) is 47.6. The number of carbonyl (C=O) groups excluding carboxylic acids is 4. The monoisotopic (exact) mass is 1450 g/mol.